The molecular formula is C19H17N5O2. The molecule has 0 amide bonds. The lowest BCUT2D eigenvalue weighted by Crippen LogP contribution is -2.13. The molecule has 0 N–H and O–H groups in total. The van der Waals surface area contributed by atoms with E-state index >= 15 is 0 Å². The van der Waals surface area contributed by atoms with Crippen LogP contribution in [0.4, 0.5) is 0 Å². The van der Waals surface area contributed by atoms with E-state index in [1.807, 2.05) is 42.8 Å². The minimum Gasteiger partial charge on any atom is -0.497 e. The van der Waals surface area contributed by atoms with Crippen molar-refractivity contribution in [3.63, 3.8) is 0 Å². The molecule has 4 rings (SSSR count). The van der Waals surface area contributed by atoms with Crippen molar-refractivity contribution >= 4 is 16.6 Å². The summed E-state index contributed by atoms with van der Waals surface area (Å²) in [6.07, 6.45) is 1.63. The van der Waals surface area contributed by atoms with Gasteiger partial charge in [0.1, 0.15) is 40.8 Å². The molecule has 26 heavy (non-hydrogen) atoms. The monoisotopic (exact) mass is 347 g/mol. The number of benzene rings is 1. The van der Waals surface area contributed by atoms with Gasteiger partial charge in [0.15, 0.2) is 5.76 Å². The molecule has 0 aliphatic heterocycles. The van der Waals surface area contributed by atoms with E-state index in [0.29, 0.717) is 23.6 Å². The number of nitriles is 1. The van der Waals surface area contributed by atoms with E-state index in [9.17, 15) is 0 Å². The summed E-state index contributed by atoms with van der Waals surface area (Å²) in [5, 5.41) is 10.0. The van der Waals surface area contributed by atoms with Crippen LogP contribution in [0.1, 0.15) is 11.4 Å². The summed E-state index contributed by atoms with van der Waals surface area (Å²) in [6, 6.07) is 11.4. The number of hydrogen-bond donors (Lipinski definition) is 0. The van der Waals surface area contributed by atoms with Crippen LogP contribution >= 0.6 is 0 Å². The molecule has 0 atom stereocenters. The van der Waals surface area contributed by atoms with Crippen molar-refractivity contribution < 1.29 is 9.15 Å². The molecular weight excluding hydrogens is 330 g/mol. The van der Waals surface area contributed by atoms with Gasteiger partial charge in [-0.1, -0.05) is 0 Å². The van der Waals surface area contributed by atoms with Crippen molar-refractivity contribution in [3.05, 3.63) is 48.0 Å². The van der Waals surface area contributed by atoms with Crippen LogP contribution < -0.4 is 4.74 Å². The lowest BCUT2D eigenvalue weighted by atomic mass is 10.2. The SMILES string of the molecule is COc1ccc2oc(-c3nc4cc(C#N)ncn4c3CN(C)C)cc2c1. The highest BCUT2D eigenvalue weighted by atomic mass is 16.5. The summed E-state index contributed by atoms with van der Waals surface area (Å²) >= 11 is 0. The van der Waals surface area contributed by atoms with Gasteiger partial charge in [0, 0.05) is 18.0 Å². The fourth-order valence-corrected chi connectivity index (χ4v) is 2.97. The highest BCUT2D eigenvalue weighted by molar-refractivity contribution is 5.84. The van der Waals surface area contributed by atoms with Crippen molar-refractivity contribution in [3.8, 4) is 23.3 Å². The average molecular weight is 347 g/mol. The van der Waals surface area contributed by atoms with Gasteiger partial charge in [0.2, 0.25) is 0 Å². The van der Waals surface area contributed by atoms with Crippen LogP contribution in [-0.4, -0.2) is 40.5 Å². The molecule has 0 fully saturated rings. The normalized spacial score (nSPS) is 11.3. The summed E-state index contributed by atoms with van der Waals surface area (Å²) in [7, 11) is 5.62. The first-order valence-electron chi connectivity index (χ1n) is 8.09. The summed E-state index contributed by atoms with van der Waals surface area (Å²) in [6.45, 7) is 0.657. The minimum absolute atomic E-state index is 0.333. The van der Waals surface area contributed by atoms with Gasteiger partial charge < -0.3 is 14.1 Å². The van der Waals surface area contributed by atoms with Crippen LogP contribution in [0.15, 0.2) is 41.1 Å². The van der Waals surface area contributed by atoms with Gasteiger partial charge in [-0.2, -0.15) is 5.26 Å². The Bertz CT molecular complexity index is 1150. The molecule has 0 aliphatic carbocycles. The number of nitrogens with zero attached hydrogens (tertiary/aromatic N) is 5. The first-order valence-corrected chi connectivity index (χ1v) is 8.09. The molecule has 0 unspecified atom stereocenters. The molecule has 0 saturated heterocycles. The van der Waals surface area contributed by atoms with Crippen LogP contribution in [0.25, 0.3) is 28.1 Å². The third-order valence-electron chi connectivity index (χ3n) is 4.15. The maximum Gasteiger partial charge on any atom is 0.155 e. The Labute approximate surface area is 150 Å². The largest absolute Gasteiger partial charge is 0.497 e. The molecule has 3 heterocycles. The molecule has 0 bridgehead atoms. The summed E-state index contributed by atoms with van der Waals surface area (Å²) in [4.78, 5) is 10.9. The molecule has 7 nitrogen and oxygen atoms in total. The fraction of sp³-hybridized carbons (Fsp3) is 0.211. The van der Waals surface area contributed by atoms with Crippen LogP contribution in [0.5, 0.6) is 5.75 Å². The topological polar surface area (TPSA) is 79.6 Å². The number of hydrogen-bond acceptors (Lipinski definition) is 6. The Kier molecular flexibility index (Phi) is 3.82. The second-order valence-electron chi connectivity index (χ2n) is 6.27. The van der Waals surface area contributed by atoms with E-state index in [0.717, 1.165) is 28.1 Å². The zero-order valence-electron chi connectivity index (χ0n) is 14.7. The highest BCUT2D eigenvalue weighted by Gasteiger charge is 2.19. The summed E-state index contributed by atoms with van der Waals surface area (Å²) in [5.74, 6) is 1.45. The predicted molar refractivity (Wildman–Crippen MR) is 96.9 cm³/mol. The minimum atomic E-state index is 0.333. The third-order valence-corrected chi connectivity index (χ3v) is 4.15. The van der Waals surface area contributed by atoms with Crippen molar-refractivity contribution in [2.45, 2.75) is 6.54 Å². The van der Waals surface area contributed by atoms with E-state index in [1.54, 1.807) is 19.5 Å². The van der Waals surface area contributed by atoms with E-state index in [1.165, 1.54) is 0 Å². The van der Waals surface area contributed by atoms with Crippen molar-refractivity contribution in [2.24, 2.45) is 0 Å². The average Bonchev–Trinajstić information content (AvgIpc) is 3.21. The molecule has 0 radical (unpaired) electrons. The number of fused-ring (bicyclic) bond motifs is 2. The number of imidazole rings is 1. The molecule has 4 aromatic rings. The van der Waals surface area contributed by atoms with Crippen LogP contribution in [0.3, 0.4) is 0 Å². The van der Waals surface area contributed by atoms with E-state index < -0.39 is 0 Å². The third kappa shape index (κ3) is 2.66. The van der Waals surface area contributed by atoms with Gasteiger partial charge in [-0.3, -0.25) is 4.40 Å². The second-order valence-corrected chi connectivity index (χ2v) is 6.27. The Morgan fingerprint density at radius 3 is 2.85 bits per heavy atom. The molecule has 0 aliphatic rings. The van der Waals surface area contributed by atoms with E-state index in [2.05, 4.69) is 16.0 Å². The van der Waals surface area contributed by atoms with Crippen LogP contribution in [0, 0.1) is 11.3 Å². The first kappa shape index (κ1) is 16.1. The quantitative estimate of drug-likeness (QED) is 0.564. The Balaban J connectivity index is 1.93. The number of ether oxygens (including phenoxy) is 1. The zero-order valence-corrected chi connectivity index (χ0v) is 14.7. The molecule has 3 aromatic heterocycles. The molecule has 130 valence electrons. The van der Waals surface area contributed by atoms with E-state index in [4.69, 9.17) is 19.4 Å². The number of rotatable bonds is 4. The number of methoxy groups -OCH3 is 1. The van der Waals surface area contributed by atoms with Crippen LogP contribution in [0.2, 0.25) is 0 Å². The number of aromatic nitrogens is 3. The van der Waals surface area contributed by atoms with Gasteiger partial charge in [-0.05, 0) is 38.4 Å². The Morgan fingerprint density at radius 2 is 2.12 bits per heavy atom. The molecule has 1 aromatic carbocycles. The standard InChI is InChI=1S/C19H17N5O2/c1-23(2)10-15-19(22-18-8-13(9-20)21-11-24(15)18)17-7-12-6-14(25-3)4-5-16(12)26-17/h4-8,11H,10H2,1-3H3. The molecule has 7 heteroatoms. The van der Waals surface area contributed by atoms with E-state index in [-0.39, 0.29) is 0 Å². The van der Waals surface area contributed by atoms with Gasteiger partial charge in [-0.15, -0.1) is 0 Å². The Morgan fingerprint density at radius 1 is 1.27 bits per heavy atom. The predicted octanol–water partition coefficient (Wildman–Crippen LogP) is 3.08. The second kappa shape index (κ2) is 6.17. The molecule has 0 saturated carbocycles. The summed E-state index contributed by atoms with van der Waals surface area (Å²) in [5.41, 5.74) is 3.46. The van der Waals surface area contributed by atoms with Crippen molar-refractivity contribution in [1.82, 2.24) is 19.3 Å². The maximum atomic E-state index is 9.09. The van der Waals surface area contributed by atoms with Gasteiger partial charge in [-0.25, -0.2) is 9.97 Å². The highest BCUT2D eigenvalue weighted by Crippen LogP contribution is 2.32. The van der Waals surface area contributed by atoms with Crippen LogP contribution in [-0.2, 0) is 6.54 Å². The smallest absolute Gasteiger partial charge is 0.155 e. The van der Waals surface area contributed by atoms with Gasteiger partial charge in [0.05, 0.1) is 12.8 Å². The van der Waals surface area contributed by atoms with Crippen molar-refractivity contribution in [2.75, 3.05) is 21.2 Å². The zero-order chi connectivity index (χ0) is 18.3. The maximum absolute atomic E-state index is 9.09. The summed E-state index contributed by atoms with van der Waals surface area (Å²) < 4.78 is 13.2. The first-order chi connectivity index (χ1) is 12.6. The number of furan rings is 1. The lowest BCUT2D eigenvalue weighted by Gasteiger charge is -2.10. The van der Waals surface area contributed by atoms with Crippen molar-refractivity contribution in [1.29, 1.82) is 5.26 Å². The Hall–Kier alpha value is -3.37. The fourth-order valence-electron chi connectivity index (χ4n) is 2.97. The lowest BCUT2D eigenvalue weighted by molar-refractivity contribution is 0.395. The van der Waals surface area contributed by atoms with Gasteiger partial charge >= 0.3 is 0 Å². The van der Waals surface area contributed by atoms with Gasteiger partial charge in [0.25, 0.3) is 0 Å². The molecule has 0 spiro atoms.